The van der Waals surface area contributed by atoms with Crippen molar-refractivity contribution >= 4 is 17.7 Å². The predicted molar refractivity (Wildman–Crippen MR) is 81.6 cm³/mol. The minimum atomic E-state index is -0.522. The van der Waals surface area contributed by atoms with E-state index in [1.54, 1.807) is 18.2 Å². The summed E-state index contributed by atoms with van der Waals surface area (Å²) in [5, 5.41) is 12.1. The lowest BCUT2D eigenvalue weighted by molar-refractivity contribution is 0.0946. The molecule has 0 aliphatic rings. The van der Waals surface area contributed by atoms with Crippen LogP contribution in [0.25, 0.3) is 0 Å². The highest BCUT2D eigenvalue weighted by Gasteiger charge is 2.09. The SMILES string of the molecule is CCc1cc(C(=O)NCc2ccc(NC(=O)OC)cc2)n[nH]1. The molecular formula is C15H18N4O3. The molecule has 3 N–H and O–H groups in total. The number of hydrogen-bond acceptors (Lipinski definition) is 4. The van der Waals surface area contributed by atoms with Crippen molar-refractivity contribution in [3.05, 3.63) is 47.3 Å². The number of amides is 2. The molecule has 2 aromatic rings. The second kappa shape index (κ2) is 7.26. The molecule has 1 aromatic carbocycles. The molecule has 0 bridgehead atoms. The maximum atomic E-state index is 11.9. The Morgan fingerprint density at radius 2 is 2.00 bits per heavy atom. The van der Waals surface area contributed by atoms with Gasteiger partial charge in [-0.05, 0) is 30.2 Å². The number of benzene rings is 1. The Balaban J connectivity index is 1.88. The molecule has 7 nitrogen and oxygen atoms in total. The van der Waals surface area contributed by atoms with Crippen molar-refractivity contribution in [2.45, 2.75) is 19.9 Å². The number of anilines is 1. The number of methoxy groups -OCH3 is 1. The molecule has 2 rings (SSSR count). The number of aromatic nitrogens is 2. The van der Waals surface area contributed by atoms with E-state index >= 15 is 0 Å². The Bertz CT molecular complexity index is 649. The van der Waals surface area contributed by atoms with Crippen molar-refractivity contribution in [1.29, 1.82) is 0 Å². The summed E-state index contributed by atoms with van der Waals surface area (Å²) in [6.07, 6.45) is 0.279. The third kappa shape index (κ3) is 4.08. The molecule has 0 spiro atoms. The van der Waals surface area contributed by atoms with Gasteiger partial charge < -0.3 is 10.1 Å². The number of nitrogens with zero attached hydrogens (tertiary/aromatic N) is 1. The van der Waals surface area contributed by atoms with Gasteiger partial charge in [-0.3, -0.25) is 15.2 Å². The monoisotopic (exact) mass is 302 g/mol. The van der Waals surface area contributed by atoms with E-state index in [0.717, 1.165) is 17.7 Å². The van der Waals surface area contributed by atoms with Crippen LogP contribution >= 0.6 is 0 Å². The zero-order valence-corrected chi connectivity index (χ0v) is 12.5. The molecule has 0 unspecified atom stereocenters. The Morgan fingerprint density at radius 3 is 2.59 bits per heavy atom. The van der Waals surface area contributed by atoms with Crippen LogP contribution in [0.1, 0.15) is 28.7 Å². The van der Waals surface area contributed by atoms with Gasteiger partial charge in [-0.1, -0.05) is 19.1 Å². The number of ether oxygens (including phenoxy) is 1. The largest absolute Gasteiger partial charge is 0.453 e. The summed E-state index contributed by atoms with van der Waals surface area (Å²) in [4.78, 5) is 23.0. The van der Waals surface area contributed by atoms with Crippen molar-refractivity contribution in [3.8, 4) is 0 Å². The van der Waals surface area contributed by atoms with Crippen LogP contribution in [0.2, 0.25) is 0 Å². The number of H-pyrrole nitrogens is 1. The van der Waals surface area contributed by atoms with Gasteiger partial charge in [0.15, 0.2) is 0 Å². The van der Waals surface area contributed by atoms with Crippen molar-refractivity contribution in [2.75, 3.05) is 12.4 Å². The highest BCUT2D eigenvalue weighted by molar-refractivity contribution is 5.92. The zero-order valence-electron chi connectivity index (χ0n) is 12.5. The summed E-state index contributed by atoms with van der Waals surface area (Å²) in [5.41, 5.74) is 2.83. The first kappa shape index (κ1) is 15.6. The fourth-order valence-corrected chi connectivity index (χ4v) is 1.81. The number of carbonyl (C=O) groups excluding carboxylic acids is 2. The lowest BCUT2D eigenvalue weighted by Gasteiger charge is -2.06. The van der Waals surface area contributed by atoms with Crippen LogP contribution in [0.5, 0.6) is 0 Å². The van der Waals surface area contributed by atoms with Gasteiger partial charge in [0, 0.05) is 17.9 Å². The van der Waals surface area contributed by atoms with Crippen LogP contribution in [0.15, 0.2) is 30.3 Å². The van der Waals surface area contributed by atoms with Crippen LogP contribution in [0, 0.1) is 0 Å². The standard InChI is InChI=1S/C15H18N4O3/c1-3-11-8-13(19-18-11)14(20)16-9-10-4-6-12(7-5-10)17-15(21)22-2/h4-8H,3,9H2,1-2H3,(H,16,20)(H,17,21)(H,18,19). The quantitative estimate of drug-likeness (QED) is 0.788. The highest BCUT2D eigenvalue weighted by atomic mass is 16.5. The second-order valence-electron chi connectivity index (χ2n) is 4.63. The molecule has 0 saturated carbocycles. The molecule has 0 saturated heterocycles. The Hall–Kier alpha value is -2.83. The topological polar surface area (TPSA) is 96.1 Å². The van der Waals surface area contributed by atoms with E-state index in [0.29, 0.717) is 17.9 Å². The minimum Gasteiger partial charge on any atom is -0.453 e. The average Bonchev–Trinajstić information content (AvgIpc) is 3.03. The normalized spacial score (nSPS) is 10.1. The molecule has 0 aliphatic heterocycles. The van der Waals surface area contributed by atoms with Crippen molar-refractivity contribution in [3.63, 3.8) is 0 Å². The third-order valence-electron chi connectivity index (χ3n) is 3.08. The molecule has 0 atom stereocenters. The number of carbonyl (C=O) groups is 2. The van der Waals surface area contributed by atoms with Gasteiger partial charge in [0.2, 0.25) is 0 Å². The first-order chi connectivity index (χ1) is 10.6. The molecule has 0 aliphatic carbocycles. The molecule has 7 heteroatoms. The first-order valence-electron chi connectivity index (χ1n) is 6.88. The second-order valence-corrected chi connectivity index (χ2v) is 4.63. The molecule has 0 fully saturated rings. The maximum absolute atomic E-state index is 11.9. The van der Waals surface area contributed by atoms with Gasteiger partial charge in [0.1, 0.15) is 5.69 Å². The summed E-state index contributed by atoms with van der Waals surface area (Å²) < 4.78 is 4.51. The molecule has 1 aromatic heterocycles. The van der Waals surface area contributed by atoms with E-state index in [2.05, 4.69) is 25.6 Å². The van der Waals surface area contributed by atoms with Crippen molar-refractivity contribution < 1.29 is 14.3 Å². The van der Waals surface area contributed by atoms with Crippen LogP contribution in [0.3, 0.4) is 0 Å². The van der Waals surface area contributed by atoms with Gasteiger partial charge in [0.05, 0.1) is 7.11 Å². The van der Waals surface area contributed by atoms with E-state index < -0.39 is 6.09 Å². The molecule has 1 heterocycles. The molecule has 0 radical (unpaired) electrons. The van der Waals surface area contributed by atoms with E-state index in [9.17, 15) is 9.59 Å². The zero-order chi connectivity index (χ0) is 15.9. The summed E-state index contributed by atoms with van der Waals surface area (Å²) in [6, 6.07) is 8.84. The van der Waals surface area contributed by atoms with Gasteiger partial charge >= 0.3 is 6.09 Å². The average molecular weight is 302 g/mol. The third-order valence-corrected chi connectivity index (χ3v) is 3.08. The Labute approximate surface area is 128 Å². The lowest BCUT2D eigenvalue weighted by Crippen LogP contribution is -2.23. The molecule has 2 amide bonds. The van der Waals surface area contributed by atoms with E-state index in [-0.39, 0.29) is 5.91 Å². The summed E-state index contributed by atoms with van der Waals surface area (Å²) in [5.74, 6) is -0.229. The Kier molecular flexibility index (Phi) is 5.13. The number of aromatic amines is 1. The van der Waals surface area contributed by atoms with Crippen LogP contribution in [-0.2, 0) is 17.7 Å². The van der Waals surface area contributed by atoms with Crippen molar-refractivity contribution in [2.24, 2.45) is 0 Å². The Morgan fingerprint density at radius 1 is 1.27 bits per heavy atom. The van der Waals surface area contributed by atoms with Gasteiger partial charge in [-0.25, -0.2) is 4.79 Å². The van der Waals surface area contributed by atoms with Gasteiger partial charge in [-0.15, -0.1) is 0 Å². The summed E-state index contributed by atoms with van der Waals surface area (Å²) >= 11 is 0. The smallest absolute Gasteiger partial charge is 0.411 e. The molecule has 22 heavy (non-hydrogen) atoms. The van der Waals surface area contributed by atoms with Crippen LogP contribution in [0.4, 0.5) is 10.5 Å². The fourth-order valence-electron chi connectivity index (χ4n) is 1.81. The first-order valence-corrected chi connectivity index (χ1v) is 6.88. The van der Waals surface area contributed by atoms with E-state index in [1.165, 1.54) is 7.11 Å². The minimum absolute atomic E-state index is 0.229. The number of rotatable bonds is 5. The maximum Gasteiger partial charge on any atom is 0.411 e. The van der Waals surface area contributed by atoms with Crippen molar-refractivity contribution in [1.82, 2.24) is 15.5 Å². The van der Waals surface area contributed by atoms with Gasteiger partial charge in [0.25, 0.3) is 5.91 Å². The lowest BCUT2D eigenvalue weighted by atomic mass is 10.2. The summed E-state index contributed by atoms with van der Waals surface area (Å²) in [6.45, 7) is 2.37. The number of aryl methyl sites for hydroxylation is 1. The number of nitrogens with one attached hydrogen (secondary N) is 3. The van der Waals surface area contributed by atoms with E-state index in [4.69, 9.17) is 0 Å². The summed E-state index contributed by atoms with van der Waals surface area (Å²) in [7, 11) is 1.30. The molecule has 116 valence electrons. The predicted octanol–water partition coefficient (Wildman–Crippen LogP) is 2.08. The number of hydrogen-bond donors (Lipinski definition) is 3. The van der Waals surface area contributed by atoms with Crippen LogP contribution < -0.4 is 10.6 Å². The van der Waals surface area contributed by atoms with E-state index in [1.807, 2.05) is 19.1 Å². The van der Waals surface area contributed by atoms with Crippen LogP contribution in [-0.4, -0.2) is 29.3 Å². The van der Waals surface area contributed by atoms with Gasteiger partial charge in [-0.2, -0.15) is 5.10 Å². The fraction of sp³-hybridized carbons (Fsp3) is 0.267. The molecular weight excluding hydrogens is 284 g/mol. The highest BCUT2D eigenvalue weighted by Crippen LogP contribution is 2.10.